The van der Waals surface area contributed by atoms with Gasteiger partial charge in [0.1, 0.15) is 6.61 Å². The zero-order chi connectivity index (χ0) is 26.6. The van der Waals surface area contributed by atoms with Crippen molar-refractivity contribution in [2.75, 3.05) is 52.4 Å². The molecule has 1 aliphatic carbocycles. The summed E-state index contributed by atoms with van der Waals surface area (Å²) in [6.45, 7) is 14.8. The number of nitrogens with zero attached hydrogens (tertiary/aromatic N) is 3. The lowest BCUT2D eigenvalue weighted by Gasteiger charge is -2.40. The maximum absolute atomic E-state index is 12.9. The highest BCUT2D eigenvalue weighted by Gasteiger charge is 2.30. The topological polar surface area (TPSA) is 62.3 Å². The summed E-state index contributed by atoms with van der Waals surface area (Å²) >= 11 is 0. The van der Waals surface area contributed by atoms with Crippen LogP contribution in [0.1, 0.15) is 52.5 Å². The van der Waals surface area contributed by atoms with Gasteiger partial charge in [0.25, 0.3) is 0 Å². The molecule has 2 fully saturated rings. The number of hydrogen-bond acceptors (Lipinski definition) is 6. The third kappa shape index (κ3) is 8.63. The number of ether oxygens (including phenoxy) is 2. The predicted molar refractivity (Wildman–Crippen MR) is 147 cm³/mol. The van der Waals surface area contributed by atoms with Gasteiger partial charge in [0.2, 0.25) is 0 Å². The number of allylic oxidation sites excluding steroid dienone is 2. The number of rotatable bonds is 7. The fourth-order valence-corrected chi connectivity index (χ4v) is 5.15. The summed E-state index contributed by atoms with van der Waals surface area (Å²) in [5, 5.41) is 0. The second-order valence-corrected chi connectivity index (χ2v) is 9.87. The summed E-state index contributed by atoms with van der Waals surface area (Å²) in [7, 11) is 0. The molecule has 204 valence electrons. The molecule has 0 saturated carbocycles. The van der Waals surface area contributed by atoms with Gasteiger partial charge in [0.05, 0.1) is 13.0 Å². The zero-order valence-electron chi connectivity index (χ0n) is 23.2. The SMILES string of the molecule is CC.CCOC(=O)CCN1CCN(C2=CC3CC(=C2)CN(C(=O)OCc2ccccc2)CCC3C)CC1. The van der Waals surface area contributed by atoms with Crippen LogP contribution in [0.3, 0.4) is 0 Å². The third-order valence-electron chi connectivity index (χ3n) is 7.35. The van der Waals surface area contributed by atoms with E-state index in [9.17, 15) is 9.59 Å². The van der Waals surface area contributed by atoms with Gasteiger partial charge >= 0.3 is 12.1 Å². The molecule has 2 saturated heterocycles. The van der Waals surface area contributed by atoms with E-state index >= 15 is 0 Å². The molecule has 2 atom stereocenters. The molecule has 2 heterocycles. The summed E-state index contributed by atoms with van der Waals surface area (Å²) in [6, 6.07) is 9.84. The average Bonchev–Trinajstić information content (AvgIpc) is 2.94. The van der Waals surface area contributed by atoms with Gasteiger partial charge in [0.15, 0.2) is 0 Å². The van der Waals surface area contributed by atoms with Crippen LogP contribution in [-0.4, -0.2) is 79.2 Å². The minimum absolute atomic E-state index is 0.115. The second-order valence-electron chi connectivity index (χ2n) is 9.87. The van der Waals surface area contributed by atoms with Crippen LogP contribution >= 0.6 is 0 Å². The Hall–Kier alpha value is -2.80. The smallest absolute Gasteiger partial charge is 0.410 e. The summed E-state index contributed by atoms with van der Waals surface area (Å²) in [6.07, 6.45) is 6.95. The van der Waals surface area contributed by atoms with Crippen LogP contribution < -0.4 is 0 Å². The van der Waals surface area contributed by atoms with E-state index in [0.717, 1.165) is 57.7 Å². The van der Waals surface area contributed by atoms with Crippen LogP contribution in [-0.2, 0) is 20.9 Å². The van der Waals surface area contributed by atoms with E-state index in [4.69, 9.17) is 9.47 Å². The van der Waals surface area contributed by atoms with Crippen LogP contribution in [0.5, 0.6) is 0 Å². The molecule has 37 heavy (non-hydrogen) atoms. The average molecular weight is 512 g/mol. The molecule has 4 rings (SSSR count). The molecule has 0 radical (unpaired) electrons. The standard InChI is InChI=1S/C28H39N3O4.C2H6/c1-3-34-27(32)10-11-29-13-15-30(16-14-29)26-18-24-17-25(19-26)22(2)9-12-31(20-24)28(33)35-21-23-7-5-4-6-8-23;1-2/h4-8,18-19,22,25H,3,9-17,20-21H2,1-2H3;1-2H3. The monoisotopic (exact) mass is 511 g/mol. The molecular formula is C30H45N3O4. The van der Waals surface area contributed by atoms with Crippen molar-refractivity contribution < 1.29 is 19.1 Å². The van der Waals surface area contributed by atoms with Gasteiger partial charge in [0, 0.05) is 51.5 Å². The second kappa shape index (κ2) is 14.8. The highest BCUT2D eigenvalue weighted by molar-refractivity contribution is 5.69. The number of fused-ring (bicyclic) bond motifs is 2. The Morgan fingerprint density at radius 1 is 1.00 bits per heavy atom. The predicted octanol–water partition coefficient (Wildman–Crippen LogP) is 5.09. The maximum Gasteiger partial charge on any atom is 0.410 e. The molecular weight excluding hydrogens is 466 g/mol. The molecule has 1 aromatic rings. The third-order valence-corrected chi connectivity index (χ3v) is 7.35. The highest BCUT2D eigenvalue weighted by atomic mass is 16.6. The first-order chi connectivity index (χ1) is 18.0. The fraction of sp³-hybridized carbons (Fsp3) is 0.600. The Morgan fingerprint density at radius 2 is 1.73 bits per heavy atom. The number of amides is 1. The van der Waals surface area contributed by atoms with Crippen molar-refractivity contribution in [3.8, 4) is 0 Å². The molecule has 2 aliphatic heterocycles. The molecule has 1 aromatic carbocycles. The van der Waals surface area contributed by atoms with Gasteiger partial charge in [-0.3, -0.25) is 9.69 Å². The first-order valence-electron chi connectivity index (χ1n) is 14.0. The molecule has 0 spiro atoms. The van der Waals surface area contributed by atoms with E-state index < -0.39 is 0 Å². The molecule has 0 N–H and O–H groups in total. The Kier molecular flexibility index (Phi) is 11.5. The fourth-order valence-electron chi connectivity index (χ4n) is 5.15. The van der Waals surface area contributed by atoms with Gasteiger partial charge in [-0.15, -0.1) is 0 Å². The quantitative estimate of drug-likeness (QED) is 0.475. The van der Waals surface area contributed by atoms with Gasteiger partial charge < -0.3 is 19.3 Å². The molecule has 1 amide bonds. The van der Waals surface area contributed by atoms with Crippen molar-refractivity contribution in [3.63, 3.8) is 0 Å². The van der Waals surface area contributed by atoms with Gasteiger partial charge in [-0.05, 0) is 48.8 Å². The Bertz CT molecular complexity index is 922. The Balaban J connectivity index is 0.00000186. The molecule has 3 aliphatic rings. The van der Waals surface area contributed by atoms with Crippen molar-refractivity contribution in [1.29, 1.82) is 0 Å². The Labute approximate surface area is 223 Å². The van der Waals surface area contributed by atoms with E-state index in [1.807, 2.05) is 56.0 Å². The van der Waals surface area contributed by atoms with Crippen LogP contribution in [0.2, 0.25) is 0 Å². The van der Waals surface area contributed by atoms with Crippen LogP contribution in [0, 0.1) is 11.8 Å². The number of benzene rings is 1. The lowest BCUT2D eigenvalue weighted by molar-refractivity contribution is -0.143. The normalized spacial score (nSPS) is 21.9. The number of hydrogen-bond donors (Lipinski definition) is 0. The number of carbonyl (C=O) groups excluding carboxylic acids is 2. The van der Waals surface area contributed by atoms with Gasteiger partial charge in [-0.1, -0.05) is 57.2 Å². The van der Waals surface area contributed by atoms with E-state index in [1.165, 1.54) is 11.3 Å². The molecule has 2 bridgehead atoms. The van der Waals surface area contributed by atoms with Crippen LogP contribution in [0.15, 0.2) is 53.8 Å². The van der Waals surface area contributed by atoms with Gasteiger partial charge in [-0.25, -0.2) is 4.79 Å². The Morgan fingerprint density at radius 3 is 2.43 bits per heavy atom. The lowest BCUT2D eigenvalue weighted by atomic mass is 9.80. The number of piperazine rings is 1. The summed E-state index contributed by atoms with van der Waals surface area (Å²) in [5.41, 5.74) is 3.60. The minimum Gasteiger partial charge on any atom is -0.466 e. The van der Waals surface area contributed by atoms with Gasteiger partial charge in [-0.2, -0.15) is 0 Å². The first kappa shape index (κ1) is 28.8. The van der Waals surface area contributed by atoms with E-state index in [-0.39, 0.29) is 12.1 Å². The first-order valence-corrected chi connectivity index (χ1v) is 14.0. The van der Waals surface area contributed by atoms with Crippen molar-refractivity contribution in [3.05, 3.63) is 59.3 Å². The number of carbonyl (C=O) groups is 2. The molecule has 7 heteroatoms. The van der Waals surface area contributed by atoms with Crippen molar-refractivity contribution in [2.45, 2.75) is 53.6 Å². The summed E-state index contributed by atoms with van der Waals surface area (Å²) in [5.74, 6) is 0.897. The van der Waals surface area contributed by atoms with E-state index in [0.29, 0.717) is 38.0 Å². The molecule has 7 nitrogen and oxygen atoms in total. The van der Waals surface area contributed by atoms with Crippen LogP contribution in [0.25, 0.3) is 0 Å². The lowest BCUT2D eigenvalue weighted by Crippen LogP contribution is -2.46. The summed E-state index contributed by atoms with van der Waals surface area (Å²) in [4.78, 5) is 31.2. The van der Waals surface area contributed by atoms with E-state index in [2.05, 4.69) is 28.9 Å². The largest absolute Gasteiger partial charge is 0.466 e. The highest BCUT2D eigenvalue weighted by Crippen LogP contribution is 2.34. The molecule has 2 unspecified atom stereocenters. The van der Waals surface area contributed by atoms with Crippen molar-refractivity contribution in [1.82, 2.24) is 14.7 Å². The number of esters is 1. The maximum atomic E-state index is 12.9. The van der Waals surface area contributed by atoms with Crippen molar-refractivity contribution in [2.24, 2.45) is 11.8 Å². The minimum atomic E-state index is -0.230. The summed E-state index contributed by atoms with van der Waals surface area (Å²) < 4.78 is 10.7. The van der Waals surface area contributed by atoms with Crippen LogP contribution in [0.4, 0.5) is 4.79 Å². The zero-order valence-corrected chi connectivity index (χ0v) is 23.2. The van der Waals surface area contributed by atoms with Crippen molar-refractivity contribution >= 4 is 12.1 Å². The molecule has 0 aromatic heterocycles. The number of likely N-dealkylation sites (tertiary alicyclic amines) is 1. The van der Waals surface area contributed by atoms with E-state index in [1.54, 1.807) is 0 Å².